The summed E-state index contributed by atoms with van der Waals surface area (Å²) in [6, 6.07) is 11.0. The molecule has 0 fully saturated rings. The number of nitrogens with one attached hydrogen (secondary N) is 2. The number of carbonyl (C=O) groups excluding carboxylic acids is 3. The van der Waals surface area contributed by atoms with E-state index in [9.17, 15) is 22.8 Å². The van der Waals surface area contributed by atoms with Crippen LogP contribution in [0.4, 0.5) is 5.69 Å². The number of hydrogen-bond acceptors (Lipinski definition) is 7. The molecule has 33 heavy (non-hydrogen) atoms. The van der Waals surface area contributed by atoms with E-state index in [1.807, 2.05) is 6.07 Å². The van der Waals surface area contributed by atoms with Crippen LogP contribution in [0.25, 0.3) is 0 Å². The monoisotopic (exact) mass is 476 g/mol. The fraction of sp³-hybridized carbons (Fsp3) is 0.348. The van der Waals surface area contributed by atoms with Gasteiger partial charge in [0, 0.05) is 13.0 Å². The van der Waals surface area contributed by atoms with E-state index >= 15 is 0 Å². The van der Waals surface area contributed by atoms with Gasteiger partial charge in [-0.1, -0.05) is 24.3 Å². The Hall–Kier alpha value is -3.40. The molecule has 0 aliphatic carbocycles. The standard InChI is InChI=1S/C23H28N2O7S/c1-4-31-22(27)10-7-13-24-21(26)15-32-23(28)18-8-5-6-9-19(18)25-33(29,30)20-14-16(2)11-12-17(20)3/h5-6,8-9,11-12,14,25H,4,7,10,13,15H2,1-3H3,(H,24,26). The van der Waals surface area contributed by atoms with Crippen molar-refractivity contribution in [2.75, 3.05) is 24.5 Å². The molecule has 0 aliphatic rings. The van der Waals surface area contributed by atoms with E-state index in [0.717, 1.165) is 5.56 Å². The van der Waals surface area contributed by atoms with E-state index in [1.54, 1.807) is 45.0 Å². The minimum Gasteiger partial charge on any atom is -0.466 e. The number of amides is 1. The zero-order valence-corrected chi connectivity index (χ0v) is 19.7. The van der Waals surface area contributed by atoms with Crippen LogP contribution in [0.2, 0.25) is 0 Å². The van der Waals surface area contributed by atoms with Crippen molar-refractivity contribution in [3.63, 3.8) is 0 Å². The first kappa shape index (κ1) is 25.9. The summed E-state index contributed by atoms with van der Waals surface area (Å²) in [7, 11) is -3.95. The summed E-state index contributed by atoms with van der Waals surface area (Å²) in [6.45, 7) is 5.15. The van der Waals surface area contributed by atoms with Gasteiger partial charge in [0.05, 0.1) is 22.8 Å². The molecule has 0 radical (unpaired) electrons. The molecular weight excluding hydrogens is 448 g/mol. The van der Waals surface area contributed by atoms with Gasteiger partial charge in [-0.05, 0) is 56.5 Å². The number of aryl methyl sites for hydroxylation is 2. The lowest BCUT2D eigenvalue weighted by atomic mass is 10.2. The van der Waals surface area contributed by atoms with Gasteiger partial charge in [0.25, 0.3) is 15.9 Å². The zero-order chi connectivity index (χ0) is 24.4. The number of hydrogen-bond donors (Lipinski definition) is 2. The van der Waals surface area contributed by atoms with Crippen LogP contribution in [0.1, 0.15) is 41.3 Å². The summed E-state index contributed by atoms with van der Waals surface area (Å²) in [4.78, 5) is 35.8. The largest absolute Gasteiger partial charge is 0.466 e. The third kappa shape index (κ3) is 7.90. The van der Waals surface area contributed by atoms with Gasteiger partial charge in [0.15, 0.2) is 6.61 Å². The van der Waals surface area contributed by atoms with Gasteiger partial charge in [0.2, 0.25) is 0 Å². The first-order valence-corrected chi connectivity index (χ1v) is 11.9. The zero-order valence-electron chi connectivity index (χ0n) is 18.8. The predicted octanol–water partition coefficient (Wildman–Crippen LogP) is 2.72. The quantitative estimate of drug-likeness (QED) is 0.377. The Morgan fingerprint density at radius 3 is 2.45 bits per heavy atom. The summed E-state index contributed by atoms with van der Waals surface area (Å²) in [6.07, 6.45) is 0.559. The third-order valence-corrected chi connectivity index (χ3v) is 6.05. The first-order chi connectivity index (χ1) is 15.6. The molecule has 10 heteroatoms. The SMILES string of the molecule is CCOC(=O)CCCNC(=O)COC(=O)c1ccccc1NS(=O)(=O)c1cc(C)ccc1C. The van der Waals surface area contributed by atoms with E-state index in [4.69, 9.17) is 9.47 Å². The van der Waals surface area contributed by atoms with Gasteiger partial charge in [-0.2, -0.15) is 0 Å². The topological polar surface area (TPSA) is 128 Å². The van der Waals surface area contributed by atoms with Crippen molar-refractivity contribution in [3.05, 3.63) is 59.2 Å². The molecule has 0 saturated carbocycles. The lowest BCUT2D eigenvalue weighted by Gasteiger charge is -2.14. The lowest BCUT2D eigenvalue weighted by Crippen LogP contribution is -2.30. The maximum atomic E-state index is 12.9. The van der Waals surface area contributed by atoms with E-state index in [1.165, 1.54) is 12.1 Å². The van der Waals surface area contributed by atoms with Gasteiger partial charge in [-0.3, -0.25) is 14.3 Å². The molecule has 0 aromatic heterocycles. The maximum Gasteiger partial charge on any atom is 0.340 e. The van der Waals surface area contributed by atoms with Crippen molar-refractivity contribution in [1.29, 1.82) is 0 Å². The molecule has 0 saturated heterocycles. The molecule has 1 amide bonds. The van der Waals surface area contributed by atoms with Crippen molar-refractivity contribution in [3.8, 4) is 0 Å². The van der Waals surface area contributed by atoms with E-state index in [0.29, 0.717) is 18.6 Å². The number of ether oxygens (including phenoxy) is 2. The van der Waals surface area contributed by atoms with Crippen LogP contribution in [0.15, 0.2) is 47.4 Å². The Labute approximate surface area is 193 Å². The molecule has 9 nitrogen and oxygen atoms in total. The molecule has 0 atom stereocenters. The van der Waals surface area contributed by atoms with Crippen molar-refractivity contribution in [2.24, 2.45) is 0 Å². The molecule has 0 heterocycles. The molecule has 2 rings (SSSR count). The number of carbonyl (C=O) groups is 3. The normalized spacial score (nSPS) is 10.9. The third-order valence-electron chi connectivity index (χ3n) is 4.54. The highest BCUT2D eigenvalue weighted by Gasteiger charge is 2.21. The summed E-state index contributed by atoms with van der Waals surface area (Å²) in [5, 5.41) is 2.54. The number of para-hydroxylation sites is 1. The molecular formula is C23H28N2O7S. The number of benzene rings is 2. The van der Waals surface area contributed by atoms with Gasteiger partial charge in [0.1, 0.15) is 0 Å². The number of rotatable bonds is 11. The number of esters is 2. The van der Waals surface area contributed by atoms with E-state index < -0.39 is 28.5 Å². The molecule has 2 aromatic rings. The second-order valence-electron chi connectivity index (χ2n) is 7.25. The van der Waals surface area contributed by atoms with Crippen molar-refractivity contribution in [1.82, 2.24) is 5.32 Å². The molecule has 2 aromatic carbocycles. The van der Waals surface area contributed by atoms with Crippen molar-refractivity contribution in [2.45, 2.75) is 38.5 Å². The molecule has 0 bridgehead atoms. The van der Waals surface area contributed by atoms with Gasteiger partial charge < -0.3 is 14.8 Å². The van der Waals surface area contributed by atoms with Crippen LogP contribution in [0.5, 0.6) is 0 Å². The minimum absolute atomic E-state index is 0.0264. The minimum atomic E-state index is -3.95. The van der Waals surface area contributed by atoms with Crippen LogP contribution >= 0.6 is 0 Å². The second kappa shape index (κ2) is 12.0. The smallest absolute Gasteiger partial charge is 0.340 e. The van der Waals surface area contributed by atoms with Gasteiger partial charge >= 0.3 is 11.9 Å². The highest BCUT2D eigenvalue weighted by atomic mass is 32.2. The highest BCUT2D eigenvalue weighted by Crippen LogP contribution is 2.23. The Morgan fingerprint density at radius 1 is 1.00 bits per heavy atom. The van der Waals surface area contributed by atoms with Crippen LogP contribution in [0, 0.1) is 13.8 Å². The second-order valence-corrected chi connectivity index (χ2v) is 8.91. The number of anilines is 1. The highest BCUT2D eigenvalue weighted by molar-refractivity contribution is 7.92. The predicted molar refractivity (Wildman–Crippen MR) is 122 cm³/mol. The Balaban J connectivity index is 1.98. The molecule has 178 valence electrons. The summed E-state index contributed by atoms with van der Waals surface area (Å²) in [5.74, 6) is -1.74. The Bertz CT molecular complexity index is 1110. The van der Waals surface area contributed by atoms with Gasteiger partial charge in [-0.25, -0.2) is 13.2 Å². The van der Waals surface area contributed by atoms with Crippen LogP contribution in [-0.4, -0.2) is 46.0 Å². The lowest BCUT2D eigenvalue weighted by molar-refractivity contribution is -0.143. The molecule has 0 spiro atoms. The van der Waals surface area contributed by atoms with Crippen molar-refractivity contribution >= 4 is 33.6 Å². The Morgan fingerprint density at radius 2 is 1.73 bits per heavy atom. The van der Waals surface area contributed by atoms with Crippen LogP contribution < -0.4 is 10.0 Å². The molecule has 0 aliphatic heterocycles. The average molecular weight is 477 g/mol. The molecule has 0 unspecified atom stereocenters. The first-order valence-electron chi connectivity index (χ1n) is 10.4. The number of sulfonamides is 1. The molecule has 2 N–H and O–H groups in total. The van der Waals surface area contributed by atoms with Crippen molar-refractivity contribution < 1.29 is 32.3 Å². The Kier molecular flexibility index (Phi) is 9.41. The summed E-state index contributed by atoms with van der Waals surface area (Å²) >= 11 is 0. The van der Waals surface area contributed by atoms with E-state index in [2.05, 4.69) is 10.0 Å². The maximum absolute atomic E-state index is 12.9. The average Bonchev–Trinajstić information content (AvgIpc) is 2.77. The van der Waals surface area contributed by atoms with Crippen LogP contribution in [0.3, 0.4) is 0 Å². The fourth-order valence-corrected chi connectivity index (χ4v) is 4.31. The van der Waals surface area contributed by atoms with Crippen LogP contribution in [-0.2, 0) is 29.1 Å². The van der Waals surface area contributed by atoms with Gasteiger partial charge in [-0.15, -0.1) is 0 Å². The summed E-state index contributed by atoms with van der Waals surface area (Å²) in [5.41, 5.74) is 1.36. The fourth-order valence-electron chi connectivity index (χ4n) is 2.90. The summed E-state index contributed by atoms with van der Waals surface area (Å²) < 4.78 is 38.0. The van der Waals surface area contributed by atoms with E-state index in [-0.39, 0.29) is 35.1 Å².